The average Bonchev–Trinajstić information content (AvgIpc) is 3.66. The van der Waals surface area contributed by atoms with Crippen molar-refractivity contribution in [2.75, 3.05) is 32.1 Å². The van der Waals surface area contributed by atoms with E-state index in [2.05, 4.69) is 5.32 Å². The van der Waals surface area contributed by atoms with Gasteiger partial charge in [0.15, 0.2) is 0 Å². The minimum atomic E-state index is -5.79. The predicted molar refractivity (Wildman–Crippen MR) is 180 cm³/mol. The maximum atomic E-state index is 14.3. The number of amides is 4. The van der Waals surface area contributed by atoms with Crippen molar-refractivity contribution in [3.63, 3.8) is 0 Å². The lowest BCUT2D eigenvalue weighted by Crippen LogP contribution is -2.58. The molecule has 0 saturated carbocycles. The normalized spacial score (nSPS) is 16.1. The van der Waals surface area contributed by atoms with Crippen LogP contribution in [0.3, 0.4) is 0 Å². The van der Waals surface area contributed by atoms with Crippen LogP contribution >= 0.6 is 30.5 Å². The van der Waals surface area contributed by atoms with Crippen LogP contribution in [0.5, 0.6) is 0 Å². The zero-order valence-electron chi connectivity index (χ0n) is 27.1. The molecule has 1 saturated heterocycles. The Morgan fingerprint density at radius 3 is 2.31 bits per heavy atom. The summed E-state index contributed by atoms with van der Waals surface area (Å²) in [6.45, 7) is 5.62. The van der Waals surface area contributed by atoms with Gasteiger partial charge in [-0.3, -0.25) is 23.7 Å². The molecule has 2 atom stereocenters. The number of carbonyl (C=O) groups excluding carboxylic acids is 4. The van der Waals surface area contributed by atoms with E-state index in [0.717, 1.165) is 23.5 Å². The topological polar surface area (TPSA) is 148 Å². The molecule has 1 aliphatic rings. The van der Waals surface area contributed by atoms with Crippen LogP contribution in [-0.2, 0) is 24.6 Å². The largest absolute Gasteiger partial charge is 0.399 e. The van der Waals surface area contributed by atoms with E-state index in [-0.39, 0.29) is 41.6 Å². The minimum absolute atomic E-state index is 0.0519. The number of alkyl halides is 2. The number of fused-ring (bicyclic) bond motifs is 1. The first-order valence-electron chi connectivity index (χ1n) is 15.1. The Kier molecular flexibility index (Phi) is 11.1. The van der Waals surface area contributed by atoms with Crippen molar-refractivity contribution in [1.29, 1.82) is 0 Å². The van der Waals surface area contributed by atoms with E-state index in [9.17, 15) is 32.5 Å². The zero-order valence-corrected chi connectivity index (χ0v) is 29.5. The van der Waals surface area contributed by atoms with Crippen LogP contribution in [0.1, 0.15) is 55.3 Å². The highest BCUT2D eigenvalue weighted by Crippen LogP contribution is 2.59. The molecule has 11 nitrogen and oxygen atoms in total. The van der Waals surface area contributed by atoms with Crippen molar-refractivity contribution in [2.45, 2.75) is 57.8 Å². The number of likely N-dealkylation sites (tertiary alicyclic amines) is 1. The summed E-state index contributed by atoms with van der Waals surface area (Å²) in [5.41, 5.74) is -5.60. The SMILES string of the molecule is CN(C)C(=O)CCN(C(=O)[C@@H]1CCCN1C(=O)C(NC(=O)c1cc2cc(C(F)(F)P(=O)(O)O)ccc2s1)C(C)(C)C)c1ccc(Cl)cc1. The van der Waals surface area contributed by atoms with Crippen LogP contribution in [-0.4, -0.2) is 82.5 Å². The number of carbonyl (C=O) groups is 4. The fraction of sp³-hybridized carbons (Fsp3) is 0.438. The summed E-state index contributed by atoms with van der Waals surface area (Å²) in [6, 6.07) is 9.04. The van der Waals surface area contributed by atoms with E-state index in [1.807, 2.05) is 0 Å². The second-order valence-electron chi connectivity index (χ2n) is 12.9. The molecular formula is C32H38ClF2N4O7PS. The number of nitrogens with one attached hydrogen (secondary N) is 1. The Hall–Kier alpha value is -3.42. The van der Waals surface area contributed by atoms with Crippen LogP contribution in [0.2, 0.25) is 5.02 Å². The molecule has 4 amide bonds. The van der Waals surface area contributed by atoms with E-state index in [0.29, 0.717) is 28.3 Å². The van der Waals surface area contributed by atoms with Gasteiger partial charge in [0.25, 0.3) is 5.91 Å². The molecule has 1 fully saturated rings. The first-order valence-corrected chi connectivity index (χ1v) is 17.9. The van der Waals surface area contributed by atoms with Gasteiger partial charge in [0.1, 0.15) is 12.1 Å². The van der Waals surface area contributed by atoms with Crippen molar-refractivity contribution < 1.29 is 42.3 Å². The fourth-order valence-electron chi connectivity index (χ4n) is 5.41. The van der Waals surface area contributed by atoms with Gasteiger partial charge < -0.3 is 29.8 Å². The Balaban J connectivity index is 1.59. The summed E-state index contributed by atoms with van der Waals surface area (Å²) in [6.07, 6.45) is 0.964. The second kappa shape index (κ2) is 14.2. The van der Waals surface area contributed by atoms with Gasteiger partial charge in [0, 0.05) is 54.6 Å². The molecule has 48 heavy (non-hydrogen) atoms. The molecule has 1 unspecified atom stereocenters. The maximum absolute atomic E-state index is 14.3. The van der Waals surface area contributed by atoms with Gasteiger partial charge in [0.05, 0.1) is 4.88 Å². The highest BCUT2D eigenvalue weighted by atomic mass is 35.5. The van der Waals surface area contributed by atoms with Gasteiger partial charge in [-0.05, 0) is 66.1 Å². The number of hydrogen-bond acceptors (Lipinski definition) is 6. The molecule has 260 valence electrons. The summed E-state index contributed by atoms with van der Waals surface area (Å²) in [7, 11) is -2.55. The van der Waals surface area contributed by atoms with Crippen molar-refractivity contribution in [1.82, 2.24) is 15.1 Å². The smallest absolute Gasteiger partial charge is 0.349 e. The summed E-state index contributed by atoms with van der Waals surface area (Å²) < 4.78 is 40.4. The Morgan fingerprint density at radius 1 is 1.08 bits per heavy atom. The van der Waals surface area contributed by atoms with Gasteiger partial charge in [0.2, 0.25) is 17.7 Å². The lowest BCUT2D eigenvalue weighted by Gasteiger charge is -2.36. The number of nitrogens with zero attached hydrogens (tertiary/aromatic N) is 3. The van der Waals surface area contributed by atoms with Crippen molar-refractivity contribution >= 4 is 69.9 Å². The molecule has 1 aliphatic heterocycles. The maximum Gasteiger partial charge on any atom is 0.399 e. The highest BCUT2D eigenvalue weighted by molar-refractivity contribution is 7.52. The van der Waals surface area contributed by atoms with Crippen LogP contribution in [0, 0.1) is 5.41 Å². The zero-order chi connectivity index (χ0) is 35.8. The second-order valence-corrected chi connectivity index (χ2v) is 16.1. The highest BCUT2D eigenvalue weighted by Gasteiger charge is 2.50. The van der Waals surface area contributed by atoms with Gasteiger partial charge in [-0.1, -0.05) is 38.4 Å². The van der Waals surface area contributed by atoms with Crippen molar-refractivity contribution in [2.24, 2.45) is 5.41 Å². The minimum Gasteiger partial charge on any atom is -0.349 e. The first-order chi connectivity index (χ1) is 22.2. The van der Waals surface area contributed by atoms with E-state index in [1.54, 1.807) is 59.1 Å². The lowest BCUT2D eigenvalue weighted by atomic mass is 9.85. The molecule has 16 heteroatoms. The van der Waals surface area contributed by atoms with E-state index in [1.165, 1.54) is 26.8 Å². The van der Waals surface area contributed by atoms with E-state index in [4.69, 9.17) is 21.4 Å². The number of halogens is 3. The van der Waals surface area contributed by atoms with Crippen molar-refractivity contribution in [3.8, 4) is 0 Å². The third-order valence-electron chi connectivity index (χ3n) is 8.11. The third-order valence-corrected chi connectivity index (χ3v) is 10.5. The number of rotatable bonds is 10. The molecule has 2 heterocycles. The number of thiophene rings is 1. The molecule has 4 rings (SSSR count). The number of anilines is 1. The molecular weight excluding hydrogens is 689 g/mol. The quantitative estimate of drug-likeness (QED) is 0.236. The molecule has 3 N–H and O–H groups in total. The van der Waals surface area contributed by atoms with Crippen LogP contribution < -0.4 is 10.2 Å². The summed E-state index contributed by atoms with van der Waals surface area (Å²) in [4.78, 5) is 76.9. The number of benzene rings is 2. The number of hydrogen-bond donors (Lipinski definition) is 3. The molecule has 0 radical (unpaired) electrons. The van der Waals surface area contributed by atoms with Crippen molar-refractivity contribution in [3.05, 3.63) is 64.0 Å². The molecule has 0 spiro atoms. The molecule has 1 aromatic heterocycles. The molecule has 3 aromatic rings. The van der Waals surface area contributed by atoms with Crippen LogP contribution in [0.4, 0.5) is 14.5 Å². The van der Waals surface area contributed by atoms with Gasteiger partial charge >= 0.3 is 13.3 Å². The Morgan fingerprint density at radius 2 is 1.73 bits per heavy atom. The summed E-state index contributed by atoms with van der Waals surface area (Å²) in [5.74, 6) is -1.68. The lowest BCUT2D eigenvalue weighted by molar-refractivity contribution is -0.141. The Labute approximate surface area is 286 Å². The Bertz CT molecular complexity index is 1760. The predicted octanol–water partition coefficient (Wildman–Crippen LogP) is 5.43. The first kappa shape index (κ1) is 37.4. The molecule has 0 aliphatic carbocycles. The summed E-state index contributed by atoms with van der Waals surface area (Å²) >= 11 is 7.04. The molecule has 2 aromatic carbocycles. The van der Waals surface area contributed by atoms with Gasteiger partial charge in [-0.25, -0.2) is 0 Å². The molecule has 0 bridgehead atoms. The van der Waals surface area contributed by atoms with E-state index >= 15 is 0 Å². The van der Waals surface area contributed by atoms with Gasteiger partial charge in [-0.2, -0.15) is 8.78 Å². The monoisotopic (exact) mass is 726 g/mol. The summed E-state index contributed by atoms with van der Waals surface area (Å²) in [5, 5.41) is 3.42. The van der Waals surface area contributed by atoms with Crippen LogP contribution in [0.25, 0.3) is 10.1 Å². The van der Waals surface area contributed by atoms with Gasteiger partial charge in [-0.15, -0.1) is 11.3 Å². The average molecular weight is 727 g/mol. The van der Waals surface area contributed by atoms with Crippen LogP contribution in [0.15, 0.2) is 48.5 Å². The third kappa shape index (κ3) is 8.06. The standard InChI is InChI=1S/C32H38ClF2N4O7PS/c1-31(2,3)27(36-28(41)25-18-19-17-20(8-13-24(19)48-25)32(34,35)47(44,45)46)30(43)39-15-6-7-23(39)29(42)38(16-14-26(40)37(4)5)22-11-9-21(33)10-12-22/h8-13,17-18,23,27H,6-7,14-16H2,1-5H3,(H,36,41)(H2,44,45,46)/t23-,27?/m0/s1. The fourth-order valence-corrected chi connectivity index (χ4v) is 6.96. The van der Waals surface area contributed by atoms with E-state index < -0.39 is 48.1 Å².